The highest BCUT2D eigenvalue weighted by Crippen LogP contribution is 2.46. The molecule has 0 fully saturated rings. The van der Waals surface area contributed by atoms with Gasteiger partial charge in [0.05, 0.1) is 5.69 Å². The van der Waals surface area contributed by atoms with Gasteiger partial charge in [-0.2, -0.15) is 0 Å². The van der Waals surface area contributed by atoms with Crippen LogP contribution in [0.3, 0.4) is 0 Å². The largest absolute Gasteiger partial charge is 0.310 e. The zero-order chi connectivity index (χ0) is 12.8. The summed E-state index contributed by atoms with van der Waals surface area (Å²) in [6.45, 7) is 6.88. The van der Waals surface area contributed by atoms with Crippen molar-refractivity contribution in [1.29, 1.82) is 0 Å². The summed E-state index contributed by atoms with van der Waals surface area (Å²) in [4.78, 5) is 13.8. The number of anilines is 1. The lowest BCUT2D eigenvalue weighted by Crippen LogP contribution is -2.33. The molecule has 0 spiro atoms. The van der Waals surface area contributed by atoms with Crippen LogP contribution in [0.1, 0.15) is 32.8 Å². The van der Waals surface area contributed by atoms with Gasteiger partial charge >= 0.3 is 0 Å². The topological polar surface area (TPSA) is 20.3 Å². The van der Waals surface area contributed by atoms with Crippen LogP contribution in [0.5, 0.6) is 0 Å². The van der Waals surface area contributed by atoms with E-state index in [1.54, 1.807) is 0 Å². The molecule has 0 atom stereocenters. The number of carbonyl (C=O) groups excluding carboxylic acids is 1. The Morgan fingerprint density at radius 1 is 1.53 bits per heavy atom. The number of amides is 1. The summed E-state index contributed by atoms with van der Waals surface area (Å²) in [6.07, 6.45) is 0.518. The minimum atomic E-state index is -0.0480. The van der Waals surface area contributed by atoms with E-state index in [9.17, 15) is 4.79 Å². The smallest absolute Gasteiger partial charge is 0.226 e. The molecule has 1 amide bonds. The van der Waals surface area contributed by atoms with Gasteiger partial charge in [0.2, 0.25) is 5.91 Å². The molecule has 4 heteroatoms. The number of halogens is 2. The molecule has 0 bridgehead atoms. The monoisotopic (exact) mass is 315 g/mol. The predicted octanol–water partition coefficient (Wildman–Crippen LogP) is 4.14. The van der Waals surface area contributed by atoms with Gasteiger partial charge in [-0.3, -0.25) is 4.79 Å². The molecule has 92 valence electrons. The maximum Gasteiger partial charge on any atom is 0.226 e. The maximum absolute atomic E-state index is 12.0. The summed E-state index contributed by atoms with van der Waals surface area (Å²) in [5.74, 6) is 0.153. The van der Waals surface area contributed by atoms with Crippen LogP contribution in [-0.2, 0) is 10.2 Å². The summed E-state index contributed by atoms with van der Waals surface area (Å²) >= 11 is 9.59. The second kappa shape index (κ2) is 4.29. The van der Waals surface area contributed by atoms with Gasteiger partial charge in [-0.1, -0.05) is 32.4 Å². The molecule has 1 aliphatic rings. The van der Waals surface area contributed by atoms with E-state index in [1.165, 1.54) is 0 Å². The van der Waals surface area contributed by atoms with E-state index in [1.807, 2.05) is 24.0 Å². The number of fused-ring (bicyclic) bond motifs is 1. The molecule has 2 nitrogen and oxygen atoms in total. The summed E-state index contributed by atoms with van der Waals surface area (Å²) < 4.78 is 0.896. The molecule has 0 radical (unpaired) electrons. The summed E-state index contributed by atoms with van der Waals surface area (Å²) in [5.41, 5.74) is 2.07. The average molecular weight is 317 g/mol. The van der Waals surface area contributed by atoms with E-state index < -0.39 is 0 Å². The van der Waals surface area contributed by atoms with E-state index in [0.29, 0.717) is 18.0 Å². The molecule has 0 aliphatic carbocycles. The first-order chi connectivity index (χ1) is 7.86. The zero-order valence-electron chi connectivity index (χ0n) is 10.2. The van der Waals surface area contributed by atoms with Gasteiger partial charge in [-0.15, -0.1) is 0 Å². The second-order valence-corrected chi connectivity index (χ2v) is 6.29. The highest BCUT2D eigenvalue weighted by Gasteiger charge is 2.39. The van der Waals surface area contributed by atoms with Crippen molar-refractivity contribution >= 4 is 39.1 Å². The first-order valence-electron chi connectivity index (χ1n) is 5.66. The first kappa shape index (κ1) is 12.9. The van der Waals surface area contributed by atoms with Crippen LogP contribution in [0, 0.1) is 0 Å². The molecule has 1 heterocycles. The van der Waals surface area contributed by atoms with Crippen LogP contribution in [-0.4, -0.2) is 12.5 Å². The number of hydrogen-bond acceptors (Lipinski definition) is 1. The van der Waals surface area contributed by atoms with Crippen molar-refractivity contribution in [1.82, 2.24) is 0 Å². The van der Waals surface area contributed by atoms with Crippen LogP contribution < -0.4 is 4.90 Å². The molecule has 0 saturated heterocycles. The molecule has 0 N–H and O–H groups in total. The fraction of sp³-hybridized carbons (Fsp3) is 0.462. The zero-order valence-corrected chi connectivity index (χ0v) is 12.5. The average Bonchev–Trinajstić information content (AvgIpc) is 2.50. The van der Waals surface area contributed by atoms with E-state index in [2.05, 4.69) is 29.8 Å². The van der Waals surface area contributed by atoms with E-state index >= 15 is 0 Å². The van der Waals surface area contributed by atoms with Crippen LogP contribution >= 0.6 is 27.5 Å². The lowest BCUT2D eigenvalue weighted by Gasteiger charge is -2.20. The van der Waals surface area contributed by atoms with Crippen molar-refractivity contribution in [2.75, 3.05) is 11.4 Å². The van der Waals surface area contributed by atoms with Gasteiger partial charge in [0.15, 0.2) is 0 Å². The third-order valence-electron chi connectivity index (χ3n) is 3.18. The standard InChI is InChI=1S/C13H15BrClNO/c1-4-11(17)16-7-13(2,3)9-5-8(15)6-10(14)12(9)16/h5-6H,4,7H2,1-3H3. The Bertz CT molecular complexity index is 485. The van der Waals surface area contributed by atoms with Gasteiger partial charge in [-0.25, -0.2) is 0 Å². The highest BCUT2D eigenvalue weighted by molar-refractivity contribution is 9.10. The third kappa shape index (κ3) is 2.11. The number of nitrogens with zero attached hydrogens (tertiary/aromatic N) is 1. The molecule has 0 saturated carbocycles. The molecule has 2 rings (SSSR count). The second-order valence-electron chi connectivity index (χ2n) is 5.00. The van der Waals surface area contributed by atoms with Gasteiger partial charge in [0, 0.05) is 27.9 Å². The highest BCUT2D eigenvalue weighted by atomic mass is 79.9. The molecule has 1 aliphatic heterocycles. The van der Waals surface area contributed by atoms with E-state index in [0.717, 1.165) is 15.7 Å². The van der Waals surface area contributed by atoms with Crippen molar-refractivity contribution in [2.24, 2.45) is 0 Å². The molecule has 0 aromatic heterocycles. The number of hydrogen-bond donors (Lipinski definition) is 0. The van der Waals surface area contributed by atoms with Crippen molar-refractivity contribution in [3.05, 3.63) is 27.2 Å². The fourth-order valence-corrected chi connectivity index (χ4v) is 3.34. The van der Waals surface area contributed by atoms with E-state index in [4.69, 9.17) is 11.6 Å². The summed E-state index contributed by atoms with van der Waals surface area (Å²) in [5, 5.41) is 0.703. The Labute approximate surface area is 115 Å². The molecule has 1 aromatic carbocycles. The molecule has 17 heavy (non-hydrogen) atoms. The Hall–Kier alpha value is -0.540. The minimum Gasteiger partial charge on any atom is -0.310 e. The van der Waals surface area contributed by atoms with Crippen molar-refractivity contribution < 1.29 is 4.79 Å². The normalized spacial score (nSPS) is 17.1. The van der Waals surface area contributed by atoms with Gasteiger partial charge in [-0.05, 0) is 33.6 Å². The van der Waals surface area contributed by atoms with Crippen LogP contribution in [0.4, 0.5) is 5.69 Å². The SMILES string of the molecule is CCC(=O)N1CC(C)(C)c2cc(Cl)cc(Br)c21. The molecule has 0 unspecified atom stereocenters. The number of benzene rings is 1. The Morgan fingerprint density at radius 2 is 2.18 bits per heavy atom. The van der Waals surface area contributed by atoms with Crippen LogP contribution in [0.2, 0.25) is 5.02 Å². The van der Waals surface area contributed by atoms with Crippen LogP contribution in [0.15, 0.2) is 16.6 Å². The Kier molecular flexibility index (Phi) is 3.25. The molecular formula is C13H15BrClNO. The van der Waals surface area contributed by atoms with Crippen molar-refractivity contribution in [2.45, 2.75) is 32.6 Å². The molecule has 1 aromatic rings. The lowest BCUT2D eigenvalue weighted by atomic mass is 9.87. The van der Waals surface area contributed by atoms with Gasteiger partial charge < -0.3 is 4.90 Å². The first-order valence-corrected chi connectivity index (χ1v) is 6.84. The number of rotatable bonds is 1. The predicted molar refractivity (Wildman–Crippen MR) is 74.8 cm³/mol. The minimum absolute atomic E-state index is 0.0480. The summed E-state index contributed by atoms with van der Waals surface area (Å²) in [6, 6.07) is 3.81. The summed E-state index contributed by atoms with van der Waals surface area (Å²) in [7, 11) is 0. The van der Waals surface area contributed by atoms with Crippen molar-refractivity contribution in [3.63, 3.8) is 0 Å². The molecular weight excluding hydrogens is 302 g/mol. The van der Waals surface area contributed by atoms with Gasteiger partial charge in [0.25, 0.3) is 0 Å². The van der Waals surface area contributed by atoms with Crippen LogP contribution in [0.25, 0.3) is 0 Å². The quantitative estimate of drug-likeness (QED) is 0.762. The van der Waals surface area contributed by atoms with E-state index in [-0.39, 0.29) is 11.3 Å². The Balaban J connectivity index is 2.61. The third-order valence-corrected chi connectivity index (χ3v) is 4.01. The maximum atomic E-state index is 12.0. The Morgan fingerprint density at radius 3 is 2.76 bits per heavy atom. The van der Waals surface area contributed by atoms with Crippen molar-refractivity contribution in [3.8, 4) is 0 Å². The number of carbonyl (C=O) groups is 1. The van der Waals surface area contributed by atoms with Gasteiger partial charge in [0.1, 0.15) is 0 Å². The fourth-order valence-electron chi connectivity index (χ4n) is 2.32. The lowest BCUT2D eigenvalue weighted by molar-refractivity contribution is -0.118.